The van der Waals surface area contributed by atoms with Crippen LogP contribution in [-0.2, 0) is 21.4 Å². The Balaban J connectivity index is 1.53. The summed E-state index contributed by atoms with van der Waals surface area (Å²) in [4.78, 5) is 13.5. The molecule has 0 saturated carbocycles. The van der Waals surface area contributed by atoms with Crippen molar-refractivity contribution in [3.8, 4) is 11.5 Å². The van der Waals surface area contributed by atoms with Crippen LogP contribution in [0.3, 0.4) is 0 Å². The minimum Gasteiger partial charge on any atom is -0.497 e. The smallest absolute Gasteiger partial charge is 0.264 e. The second kappa shape index (κ2) is 10.9. The number of carbonyl (C=O) groups excluding carboxylic acids is 1. The Bertz CT molecular complexity index is 1810. The molecule has 0 radical (unpaired) electrons. The molecule has 0 aliphatic heterocycles. The number of nitrogens with one attached hydrogen (secondary N) is 1. The Morgan fingerprint density at radius 2 is 1.60 bits per heavy atom. The van der Waals surface area contributed by atoms with Crippen molar-refractivity contribution in [2.45, 2.75) is 25.3 Å². The maximum Gasteiger partial charge on any atom is 0.264 e. The largest absolute Gasteiger partial charge is 0.497 e. The van der Waals surface area contributed by atoms with Crippen LogP contribution in [0.5, 0.6) is 11.5 Å². The van der Waals surface area contributed by atoms with Gasteiger partial charge in [-0.05, 0) is 62.4 Å². The number of hydrogen-bond donors (Lipinski definition) is 1. The SMILES string of the molecule is CCn1c2ccccc2c2cc(NC(=O)CN(c3cc(OC)ccc3OC)S(=O)(=O)c3ccc(C)cc3)ccc21. The summed E-state index contributed by atoms with van der Waals surface area (Å²) in [5, 5.41) is 4.99. The van der Waals surface area contributed by atoms with E-state index in [1.807, 2.05) is 37.3 Å². The number of anilines is 2. The molecule has 1 amide bonds. The Morgan fingerprint density at radius 3 is 2.30 bits per heavy atom. The third-order valence-corrected chi connectivity index (χ3v) is 8.70. The molecule has 1 N–H and O–H groups in total. The van der Waals surface area contributed by atoms with Gasteiger partial charge in [0, 0.05) is 40.1 Å². The molecule has 1 aromatic heterocycles. The zero-order valence-corrected chi connectivity index (χ0v) is 23.7. The van der Waals surface area contributed by atoms with E-state index in [2.05, 4.69) is 28.9 Å². The average Bonchev–Trinajstić information content (AvgIpc) is 3.28. The normalized spacial score (nSPS) is 11.5. The van der Waals surface area contributed by atoms with E-state index >= 15 is 0 Å². The monoisotopic (exact) mass is 557 g/mol. The number of sulfonamides is 1. The molecule has 9 heteroatoms. The third kappa shape index (κ3) is 4.96. The van der Waals surface area contributed by atoms with Crippen LogP contribution in [0.15, 0.2) is 89.8 Å². The van der Waals surface area contributed by atoms with E-state index in [-0.39, 0.29) is 16.3 Å². The molecule has 0 atom stereocenters. The Morgan fingerprint density at radius 1 is 0.875 bits per heavy atom. The maximum atomic E-state index is 13.9. The number of ether oxygens (including phenoxy) is 2. The fraction of sp³-hybridized carbons (Fsp3) is 0.194. The number of nitrogens with zero attached hydrogens (tertiary/aromatic N) is 2. The number of aryl methyl sites for hydroxylation is 2. The molecular formula is C31H31N3O5S. The van der Waals surface area contributed by atoms with Crippen molar-refractivity contribution in [3.63, 3.8) is 0 Å². The molecule has 0 aliphatic rings. The van der Waals surface area contributed by atoms with Gasteiger partial charge in [-0.15, -0.1) is 0 Å². The number of fused-ring (bicyclic) bond motifs is 3. The van der Waals surface area contributed by atoms with Crippen LogP contribution in [0, 0.1) is 6.92 Å². The molecule has 0 saturated heterocycles. The molecule has 0 unspecified atom stereocenters. The first-order valence-corrected chi connectivity index (χ1v) is 14.3. The third-order valence-electron chi connectivity index (χ3n) is 6.92. The summed E-state index contributed by atoms with van der Waals surface area (Å²) in [5.41, 5.74) is 3.86. The van der Waals surface area contributed by atoms with Crippen LogP contribution in [-0.4, -0.2) is 39.7 Å². The summed E-state index contributed by atoms with van der Waals surface area (Å²) >= 11 is 0. The molecule has 0 fully saturated rings. The van der Waals surface area contributed by atoms with Crippen LogP contribution in [0.25, 0.3) is 21.8 Å². The lowest BCUT2D eigenvalue weighted by atomic mass is 10.1. The van der Waals surface area contributed by atoms with Gasteiger partial charge in [-0.25, -0.2) is 8.42 Å². The van der Waals surface area contributed by atoms with Gasteiger partial charge in [0.1, 0.15) is 18.0 Å². The van der Waals surface area contributed by atoms with Gasteiger partial charge in [-0.3, -0.25) is 9.10 Å². The topological polar surface area (TPSA) is 89.9 Å². The van der Waals surface area contributed by atoms with Gasteiger partial charge in [0.25, 0.3) is 10.0 Å². The predicted octanol–water partition coefficient (Wildman–Crippen LogP) is 5.97. The van der Waals surface area contributed by atoms with Gasteiger partial charge < -0.3 is 19.4 Å². The zero-order valence-electron chi connectivity index (χ0n) is 22.8. The molecule has 5 rings (SSSR count). The highest BCUT2D eigenvalue weighted by molar-refractivity contribution is 7.92. The first-order valence-electron chi connectivity index (χ1n) is 12.9. The number of methoxy groups -OCH3 is 2. The summed E-state index contributed by atoms with van der Waals surface area (Å²) < 4.78 is 41.9. The number of benzene rings is 4. The molecule has 8 nitrogen and oxygen atoms in total. The second-order valence-electron chi connectivity index (χ2n) is 9.40. The van der Waals surface area contributed by atoms with E-state index in [1.54, 1.807) is 30.3 Å². The molecular weight excluding hydrogens is 526 g/mol. The zero-order chi connectivity index (χ0) is 28.4. The number of para-hydroxylation sites is 1. The molecule has 0 spiro atoms. The minimum atomic E-state index is -4.15. The summed E-state index contributed by atoms with van der Waals surface area (Å²) in [6, 6.07) is 25.2. The lowest BCUT2D eigenvalue weighted by Gasteiger charge is -2.26. The van der Waals surface area contributed by atoms with E-state index in [4.69, 9.17) is 9.47 Å². The number of aromatic nitrogens is 1. The van der Waals surface area contributed by atoms with Crippen molar-refractivity contribution in [1.29, 1.82) is 0 Å². The highest BCUT2D eigenvalue weighted by atomic mass is 32.2. The quantitative estimate of drug-likeness (QED) is 0.241. The maximum absolute atomic E-state index is 13.9. The van der Waals surface area contributed by atoms with E-state index in [1.165, 1.54) is 26.4 Å². The van der Waals surface area contributed by atoms with E-state index < -0.39 is 22.5 Å². The van der Waals surface area contributed by atoms with Gasteiger partial charge in [0.2, 0.25) is 5.91 Å². The lowest BCUT2D eigenvalue weighted by Crippen LogP contribution is -2.38. The Labute approximate surface area is 233 Å². The van der Waals surface area contributed by atoms with Gasteiger partial charge in [0.05, 0.1) is 24.8 Å². The first-order chi connectivity index (χ1) is 19.3. The fourth-order valence-electron chi connectivity index (χ4n) is 4.93. The number of carbonyl (C=O) groups is 1. The highest BCUT2D eigenvalue weighted by Crippen LogP contribution is 2.36. The summed E-state index contributed by atoms with van der Waals surface area (Å²) in [7, 11) is -1.21. The Hall–Kier alpha value is -4.50. The first kappa shape index (κ1) is 27.1. The molecule has 1 heterocycles. The van der Waals surface area contributed by atoms with Crippen molar-refractivity contribution in [3.05, 3.63) is 90.5 Å². The van der Waals surface area contributed by atoms with E-state index in [9.17, 15) is 13.2 Å². The van der Waals surface area contributed by atoms with E-state index in [0.29, 0.717) is 11.4 Å². The van der Waals surface area contributed by atoms with Crippen LogP contribution >= 0.6 is 0 Å². The Kier molecular flexibility index (Phi) is 7.40. The number of rotatable bonds is 9. The average molecular weight is 558 g/mol. The number of hydrogen-bond acceptors (Lipinski definition) is 5. The summed E-state index contributed by atoms with van der Waals surface area (Å²) in [6.07, 6.45) is 0. The van der Waals surface area contributed by atoms with Crippen molar-refractivity contribution in [2.24, 2.45) is 0 Å². The van der Waals surface area contributed by atoms with E-state index in [0.717, 1.165) is 38.2 Å². The van der Waals surface area contributed by atoms with Crippen LogP contribution < -0.4 is 19.1 Å². The van der Waals surface area contributed by atoms with Gasteiger partial charge in [0.15, 0.2) is 0 Å². The predicted molar refractivity (Wildman–Crippen MR) is 159 cm³/mol. The van der Waals surface area contributed by atoms with Crippen LogP contribution in [0.2, 0.25) is 0 Å². The molecule has 0 bridgehead atoms. The van der Waals surface area contributed by atoms with Gasteiger partial charge >= 0.3 is 0 Å². The second-order valence-corrected chi connectivity index (χ2v) is 11.3. The highest BCUT2D eigenvalue weighted by Gasteiger charge is 2.30. The van der Waals surface area contributed by atoms with Gasteiger partial charge in [-0.2, -0.15) is 0 Å². The number of amides is 1. The van der Waals surface area contributed by atoms with Gasteiger partial charge in [-0.1, -0.05) is 35.9 Å². The molecule has 206 valence electrons. The van der Waals surface area contributed by atoms with Crippen LogP contribution in [0.1, 0.15) is 12.5 Å². The molecule has 0 aliphatic carbocycles. The lowest BCUT2D eigenvalue weighted by molar-refractivity contribution is -0.114. The summed E-state index contributed by atoms with van der Waals surface area (Å²) in [5.74, 6) is 0.218. The van der Waals surface area contributed by atoms with Crippen molar-refractivity contribution in [2.75, 3.05) is 30.4 Å². The molecule has 4 aromatic carbocycles. The summed E-state index contributed by atoms with van der Waals surface area (Å²) in [6.45, 7) is 4.30. The standard InChI is InChI=1S/C31H31N3O5S/c1-5-33-27-9-7-6-8-25(27)26-18-22(12-16-28(26)33)32-31(35)20-34(29-19-23(38-3)13-17-30(29)39-4)40(36,37)24-14-10-21(2)11-15-24/h6-19H,5,20H2,1-4H3,(H,32,35). The van der Waals surface area contributed by atoms with Crippen molar-refractivity contribution >= 4 is 49.1 Å². The minimum absolute atomic E-state index is 0.0598. The van der Waals surface area contributed by atoms with Crippen LogP contribution in [0.4, 0.5) is 11.4 Å². The molecule has 40 heavy (non-hydrogen) atoms. The molecule has 5 aromatic rings. The van der Waals surface area contributed by atoms with Crippen molar-refractivity contribution < 1.29 is 22.7 Å². The fourth-order valence-corrected chi connectivity index (χ4v) is 6.36. The van der Waals surface area contributed by atoms with Crippen molar-refractivity contribution in [1.82, 2.24) is 4.57 Å².